The standard InChI is InChI=1S/C30H25ClF4N4O4S2/c1-45(41,42)10-9-38(29(40)30(33,34)35)15-28-37-25(17-44-28)20-5-7-26-21(12-20)14-36-18-39(26)27-8-6-23(13-24(27)31)43-16-19-3-2-4-22(32)11-19/h2-8,11-14,17H,9-10,15-16,18H2,1H3. The lowest BCUT2D eigenvalue weighted by Gasteiger charge is -2.28. The summed E-state index contributed by atoms with van der Waals surface area (Å²) in [6.45, 7) is -0.630. The summed E-state index contributed by atoms with van der Waals surface area (Å²) in [7, 11) is -3.60. The van der Waals surface area contributed by atoms with Crippen LogP contribution in [0.2, 0.25) is 5.02 Å². The van der Waals surface area contributed by atoms with Crippen molar-refractivity contribution in [2.75, 3.05) is 30.1 Å². The van der Waals surface area contributed by atoms with Gasteiger partial charge < -0.3 is 14.5 Å². The van der Waals surface area contributed by atoms with E-state index >= 15 is 0 Å². The van der Waals surface area contributed by atoms with Gasteiger partial charge in [-0.2, -0.15) is 13.2 Å². The summed E-state index contributed by atoms with van der Waals surface area (Å²) >= 11 is 7.69. The second-order valence-corrected chi connectivity index (χ2v) is 13.8. The molecular weight excluding hydrogens is 656 g/mol. The maximum absolute atomic E-state index is 13.5. The normalized spacial score (nSPS) is 13.1. The second-order valence-electron chi connectivity index (χ2n) is 10.2. The van der Waals surface area contributed by atoms with E-state index in [-0.39, 0.29) is 17.4 Å². The maximum Gasteiger partial charge on any atom is 0.471 e. The van der Waals surface area contributed by atoms with Crippen molar-refractivity contribution in [2.45, 2.75) is 19.3 Å². The number of nitrogens with zero attached hydrogens (tertiary/aromatic N) is 4. The van der Waals surface area contributed by atoms with Gasteiger partial charge in [-0.05, 0) is 42.0 Å². The number of sulfone groups is 1. The van der Waals surface area contributed by atoms with Crippen LogP contribution in [0.5, 0.6) is 5.75 Å². The molecule has 0 saturated carbocycles. The van der Waals surface area contributed by atoms with E-state index in [1.165, 1.54) is 12.1 Å². The Balaban J connectivity index is 1.31. The molecule has 3 aromatic carbocycles. The van der Waals surface area contributed by atoms with Crippen LogP contribution in [0, 0.1) is 5.82 Å². The van der Waals surface area contributed by atoms with Crippen molar-refractivity contribution in [3.05, 3.63) is 93.0 Å². The zero-order valence-electron chi connectivity index (χ0n) is 23.6. The molecule has 0 aliphatic carbocycles. The quantitative estimate of drug-likeness (QED) is 0.174. The summed E-state index contributed by atoms with van der Waals surface area (Å²) in [5.41, 5.74) is 4.06. The monoisotopic (exact) mass is 680 g/mol. The molecule has 0 fully saturated rings. The predicted molar refractivity (Wildman–Crippen MR) is 166 cm³/mol. The van der Waals surface area contributed by atoms with Crippen LogP contribution < -0.4 is 9.64 Å². The number of halogens is 5. The lowest BCUT2D eigenvalue weighted by molar-refractivity contribution is -0.185. The number of aromatic nitrogens is 1. The summed E-state index contributed by atoms with van der Waals surface area (Å²) in [6, 6.07) is 16.8. The van der Waals surface area contributed by atoms with Gasteiger partial charge in [0.2, 0.25) is 0 Å². The fourth-order valence-electron chi connectivity index (χ4n) is 4.54. The predicted octanol–water partition coefficient (Wildman–Crippen LogP) is 6.65. The van der Waals surface area contributed by atoms with Crippen LogP contribution in [0.15, 0.2) is 71.0 Å². The third kappa shape index (κ3) is 8.18. The minimum absolute atomic E-state index is 0.169. The average molecular weight is 681 g/mol. The number of aliphatic imine (C=N–C) groups is 1. The highest BCUT2D eigenvalue weighted by molar-refractivity contribution is 7.90. The van der Waals surface area contributed by atoms with Gasteiger partial charge in [-0.25, -0.2) is 17.8 Å². The van der Waals surface area contributed by atoms with Crippen LogP contribution in [0.4, 0.5) is 28.9 Å². The third-order valence-corrected chi connectivity index (χ3v) is 8.77. The smallest absolute Gasteiger partial charge is 0.471 e. The highest BCUT2D eigenvalue weighted by Gasteiger charge is 2.42. The molecule has 15 heteroatoms. The van der Waals surface area contributed by atoms with Crippen molar-refractivity contribution in [2.24, 2.45) is 4.99 Å². The first-order valence-electron chi connectivity index (χ1n) is 13.3. The number of fused-ring (bicyclic) bond motifs is 1. The number of anilines is 2. The Labute approximate surface area is 265 Å². The van der Waals surface area contributed by atoms with Crippen LogP contribution in [0.25, 0.3) is 11.3 Å². The second kappa shape index (κ2) is 13.2. The van der Waals surface area contributed by atoms with Crippen molar-refractivity contribution in [1.82, 2.24) is 9.88 Å². The molecule has 1 aliphatic heterocycles. The van der Waals surface area contributed by atoms with Gasteiger partial charge in [-0.3, -0.25) is 9.79 Å². The number of carbonyl (C=O) groups excluding carboxylic acids is 1. The summed E-state index contributed by atoms with van der Waals surface area (Å²) in [5.74, 6) is -2.58. The lowest BCUT2D eigenvalue weighted by Crippen LogP contribution is -2.42. The van der Waals surface area contributed by atoms with E-state index in [0.29, 0.717) is 44.8 Å². The van der Waals surface area contributed by atoms with Gasteiger partial charge in [0.05, 0.1) is 34.4 Å². The molecule has 0 saturated heterocycles. The Bertz CT molecular complexity index is 1860. The zero-order valence-corrected chi connectivity index (χ0v) is 26.0. The van der Waals surface area contributed by atoms with E-state index in [1.54, 1.807) is 48.0 Å². The van der Waals surface area contributed by atoms with Crippen molar-refractivity contribution in [3.63, 3.8) is 0 Å². The summed E-state index contributed by atoms with van der Waals surface area (Å²) in [6.07, 6.45) is -2.57. The van der Waals surface area contributed by atoms with Crippen LogP contribution in [-0.4, -0.2) is 61.8 Å². The highest BCUT2D eigenvalue weighted by Crippen LogP contribution is 2.38. The topological polar surface area (TPSA) is 92.2 Å². The van der Waals surface area contributed by atoms with Crippen LogP contribution in [0.1, 0.15) is 16.1 Å². The van der Waals surface area contributed by atoms with Crippen molar-refractivity contribution in [1.29, 1.82) is 0 Å². The van der Waals surface area contributed by atoms with E-state index in [0.717, 1.165) is 28.8 Å². The van der Waals surface area contributed by atoms with E-state index in [9.17, 15) is 30.8 Å². The molecule has 4 aromatic rings. The lowest BCUT2D eigenvalue weighted by atomic mass is 10.0. The van der Waals surface area contributed by atoms with E-state index < -0.39 is 40.8 Å². The Hall–Kier alpha value is -4.01. The number of amides is 1. The molecule has 0 N–H and O–H groups in total. The molecule has 236 valence electrons. The van der Waals surface area contributed by atoms with Gasteiger partial charge in [-0.1, -0.05) is 29.8 Å². The number of alkyl halides is 3. The van der Waals surface area contributed by atoms with Crippen LogP contribution in [-0.2, 0) is 27.8 Å². The fraction of sp³-hybridized carbons (Fsp3) is 0.233. The number of hydrogen-bond donors (Lipinski definition) is 0. The number of rotatable bonds is 10. The molecule has 0 atom stereocenters. The number of carbonyl (C=O) groups is 1. The molecule has 0 unspecified atom stereocenters. The number of benzene rings is 3. The van der Waals surface area contributed by atoms with Crippen LogP contribution in [0.3, 0.4) is 0 Å². The molecule has 2 heterocycles. The van der Waals surface area contributed by atoms with E-state index in [1.807, 2.05) is 17.0 Å². The van der Waals surface area contributed by atoms with Crippen molar-refractivity contribution < 1.29 is 35.5 Å². The van der Waals surface area contributed by atoms with Crippen LogP contribution >= 0.6 is 22.9 Å². The minimum Gasteiger partial charge on any atom is -0.489 e. The molecule has 0 radical (unpaired) electrons. The van der Waals surface area contributed by atoms with E-state index in [2.05, 4.69) is 9.98 Å². The van der Waals surface area contributed by atoms with Gasteiger partial charge in [0.25, 0.3) is 0 Å². The average Bonchev–Trinajstić information content (AvgIpc) is 3.45. The molecule has 0 spiro atoms. The SMILES string of the molecule is CS(=O)(=O)CCN(Cc1nc(-c2ccc3c(c2)C=NCN3c2ccc(OCc3cccc(F)c3)cc2Cl)cs1)C(=O)C(F)(F)F. The first kappa shape index (κ1) is 32.4. The first-order valence-corrected chi connectivity index (χ1v) is 16.7. The molecule has 1 aliphatic rings. The Morgan fingerprint density at radius 2 is 1.89 bits per heavy atom. The number of hydrogen-bond acceptors (Lipinski definition) is 8. The first-order chi connectivity index (χ1) is 21.3. The van der Waals surface area contributed by atoms with Gasteiger partial charge in [-0.15, -0.1) is 11.3 Å². The summed E-state index contributed by atoms with van der Waals surface area (Å²) in [4.78, 5) is 23.2. The fourth-order valence-corrected chi connectivity index (χ4v) is 6.19. The Morgan fingerprint density at radius 3 is 2.60 bits per heavy atom. The summed E-state index contributed by atoms with van der Waals surface area (Å²) in [5, 5.41) is 2.29. The number of ether oxygens (including phenoxy) is 1. The molecule has 1 aromatic heterocycles. The molecular formula is C30H25ClF4N4O4S2. The molecule has 5 rings (SSSR count). The Morgan fingerprint density at radius 1 is 1.11 bits per heavy atom. The maximum atomic E-state index is 13.5. The van der Waals surface area contributed by atoms with E-state index in [4.69, 9.17) is 16.3 Å². The van der Waals surface area contributed by atoms with Gasteiger partial charge in [0, 0.05) is 41.6 Å². The number of thiazole rings is 1. The summed E-state index contributed by atoms with van der Waals surface area (Å²) < 4.78 is 81.8. The van der Waals surface area contributed by atoms with Gasteiger partial charge >= 0.3 is 12.1 Å². The highest BCUT2D eigenvalue weighted by atomic mass is 35.5. The minimum atomic E-state index is -5.15. The molecule has 8 nitrogen and oxygen atoms in total. The molecule has 45 heavy (non-hydrogen) atoms. The third-order valence-electron chi connectivity index (χ3n) is 6.71. The zero-order chi connectivity index (χ0) is 32.4. The largest absolute Gasteiger partial charge is 0.489 e. The van der Waals surface area contributed by atoms with Crippen molar-refractivity contribution in [3.8, 4) is 17.0 Å². The van der Waals surface area contributed by atoms with Gasteiger partial charge in [0.1, 0.15) is 39.7 Å². The molecule has 0 bridgehead atoms. The Kier molecular flexibility index (Phi) is 9.46. The van der Waals surface area contributed by atoms with Crippen molar-refractivity contribution >= 4 is 56.3 Å². The van der Waals surface area contributed by atoms with Gasteiger partial charge in [0.15, 0.2) is 0 Å². The molecule has 1 amide bonds.